The number of aromatic amines is 1. The van der Waals surface area contributed by atoms with E-state index >= 15 is 0 Å². The van der Waals surface area contributed by atoms with Crippen molar-refractivity contribution in [1.29, 1.82) is 0 Å². The number of H-pyrrole nitrogens is 1. The van der Waals surface area contributed by atoms with Gasteiger partial charge in [0, 0.05) is 18.7 Å². The second-order valence-corrected chi connectivity index (χ2v) is 9.13. The van der Waals surface area contributed by atoms with Crippen LogP contribution < -0.4 is 10.2 Å². The fourth-order valence-corrected chi connectivity index (χ4v) is 4.64. The third kappa shape index (κ3) is 4.78. The van der Waals surface area contributed by atoms with E-state index in [-0.39, 0.29) is 11.9 Å². The molecule has 37 heavy (non-hydrogen) atoms. The highest BCUT2D eigenvalue weighted by molar-refractivity contribution is 6.00. The number of carbonyl (C=O) groups is 1. The molecule has 1 aliphatic rings. The van der Waals surface area contributed by atoms with Crippen molar-refractivity contribution < 1.29 is 18.0 Å². The van der Waals surface area contributed by atoms with Gasteiger partial charge in [-0.25, -0.2) is 4.68 Å². The average molecular weight is 511 g/mol. The van der Waals surface area contributed by atoms with E-state index in [2.05, 4.69) is 31.0 Å². The number of nitrogens with zero attached hydrogens (tertiary/aromatic N) is 6. The van der Waals surface area contributed by atoms with Crippen LogP contribution in [0.1, 0.15) is 51.3 Å². The zero-order valence-electron chi connectivity index (χ0n) is 20.5. The Morgan fingerprint density at radius 2 is 1.89 bits per heavy atom. The summed E-state index contributed by atoms with van der Waals surface area (Å²) in [5.41, 5.74) is 3.81. The number of carbonyl (C=O) groups excluding carboxylic acids is 1. The lowest BCUT2D eigenvalue weighted by molar-refractivity contribution is -0.137. The van der Waals surface area contributed by atoms with Crippen molar-refractivity contribution >= 4 is 11.7 Å². The Hall–Kier alpha value is -4.22. The van der Waals surface area contributed by atoms with Gasteiger partial charge >= 0.3 is 6.18 Å². The summed E-state index contributed by atoms with van der Waals surface area (Å²) < 4.78 is 40.6. The van der Waals surface area contributed by atoms with E-state index < -0.39 is 11.7 Å². The van der Waals surface area contributed by atoms with Gasteiger partial charge in [-0.1, -0.05) is 30.3 Å². The van der Waals surface area contributed by atoms with Crippen LogP contribution in [0.5, 0.6) is 0 Å². The molecular formula is C25H25F3N8O. The predicted octanol–water partition coefficient (Wildman–Crippen LogP) is 4.21. The van der Waals surface area contributed by atoms with Gasteiger partial charge in [-0.05, 0) is 54.8 Å². The molecule has 9 nitrogen and oxygen atoms in total. The Bertz CT molecular complexity index is 1430. The molecule has 4 aromatic rings. The minimum Gasteiger partial charge on any atom is -0.350 e. The van der Waals surface area contributed by atoms with Crippen molar-refractivity contribution in [3.63, 3.8) is 0 Å². The molecular weight excluding hydrogens is 485 g/mol. The summed E-state index contributed by atoms with van der Waals surface area (Å²) in [6.07, 6.45) is -4.38. The lowest BCUT2D eigenvalue weighted by Crippen LogP contribution is -2.29. The maximum atomic E-state index is 13.4. The Balaban J connectivity index is 1.33. The quantitative estimate of drug-likeness (QED) is 0.403. The molecule has 2 aromatic carbocycles. The van der Waals surface area contributed by atoms with Gasteiger partial charge in [-0.2, -0.15) is 23.5 Å². The molecule has 1 aliphatic heterocycles. The number of amides is 1. The van der Waals surface area contributed by atoms with Crippen LogP contribution in [0.2, 0.25) is 0 Å². The van der Waals surface area contributed by atoms with Gasteiger partial charge < -0.3 is 10.2 Å². The number of aromatic nitrogens is 6. The number of hydrogen-bond acceptors (Lipinski definition) is 6. The number of fused-ring (bicyclic) bond motifs is 1. The molecule has 1 atom stereocenters. The first-order chi connectivity index (χ1) is 17.6. The fourth-order valence-electron chi connectivity index (χ4n) is 4.64. The normalized spacial score (nSPS) is 14.1. The first-order valence-corrected chi connectivity index (χ1v) is 11.8. The Morgan fingerprint density at radius 3 is 2.54 bits per heavy atom. The first kappa shape index (κ1) is 24.5. The number of nitrogens with one attached hydrogen (secondary N) is 2. The minimum atomic E-state index is -4.38. The minimum absolute atomic E-state index is 0.259. The van der Waals surface area contributed by atoms with Gasteiger partial charge in [-0.3, -0.25) is 4.79 Å². The highest BCUT2D eigenvalue weighted by Crippen LogP contribution is 2.32. The van der Waals surface area contributed by atoms with Crippen LogP contribution in [0, 0.1) is 13.8 Å². The zero-order chi connectivity index (χ0) is 26.3. The topological polar surface area (TPSA) is 105 Å². The largest absolute Gasteiger partial charge is 0.416 e. The van der Waals surface area contributed by atoms with Crippen molar-refractivity contribution in [1.82, 2.24) is 35.7 Å². The number of anilines is 1. The van der Waals surface area contributed by atoms with Crippen molar-refractivity contribution in [3.05, 3.63) is 76.0 Å². The molecule has 2 aromatic heterocycles. The second-order valence-electron chi connectivity index (χ2n) is 9.13. The van der Waals surface area contributed by atoms with Crippen LogP contribution in [0.25, 0.3) is 11.4 Å². The molecule has 12 heteroatoms. The Labute approximate surface area is 210 Å². The van der Waals surface area contributed by atoms with E-state index in [9.17, 15) is 18.0 Å². The Kier molecular flexibility index (Phi) is 6.18. The van der Waals surface area contributed by atoms with Crippen LogP contribution in [0.15, 0.2) is 42.5 Å². The summed E-state index contributed by atoms with van der Waals surface area (Å²) in [4.78, 5) is 15.4. The van der Waals surface area contributed by atoms with Crippen LogP contribution in [0.3, 0.4) is 0 Å². The Morgan fingerprint density at radius 1 is 1.14 bits per heavy atom. The molecule has 0 fully saturated rings. The predicted molar refractivity (Wildman–Crippen MR) is 130 cm³/mol. The van der Waals surface area contributed by atoms with E-state index in [0.29, 0.717) is 42.5 Å². The molecule has 1 amide bonds. The monoisotopic (exact) mass is 510 g/mol. The maximum Gasteiger partial charge on any atom is 0.416 e. The molecule has 2 N–H and O–H groups in total. The highest BCUT2D eigenvalue weighted by atomic mass is 19.4. The molecule has 5 rings (SSSR count). The number of rotatable bonds is 6. The molecule has 0 aliphatic carbocycles. The lowest BCUT2D eigenvalue weighted by atomic mass is 10.0. The van der Waals surface area contributed by atoms with E-state index in [4.69, 9.17) is 0 Å². The summed E-state index contributed by atoms with van der Waals surface area (Å²) in [7, 11) is 0. The fraction of sp³-hybridized carbons (Fsp3) is 0.320. The average Bonchev–Trinajstić information content (AvgIpc) is 3.57. The molecule has 0 saturated carbocycles. The van der Waals surface area contributed by atoms with E-state index in [0.717, 1.165) is 34.4 Å². The van der Waals surface area contributed by atoms with Crippen LogP contribution in [0.4, 0.5) is 19.0 Å². The summed E-state index contributed by atoms with van der Waals surface area (Å²) in [5.74, 6) is 0.913. The van der Waals surface area contributed by atoms with Crippen LogP contribution in [-0.2, 0) is 19.3 Å². The smallest absolute Gasteiger partial charge is 0.350 e. The second kappa shape index (κ2) is 9.34. The van der Waals surface area contributed by atoms with E-state index in [1.54, 1.807) is 11.6 Å². The number of tetrazole rings is 1. The number of hydrogen-bond donors (Lipinski definition) is 2. The molecule has 0 bridgehead atoms. The van der Waals surface area contributed by atoms with Crippen LogP contribution >= 0.6 is 0 Å². The number of halogens is 3. The van der Waals surface area contributed by atoms with Crippen LogP contribution in [-0.4, -0.2) is 42.9 Å². The first-order valence-electron chi connectivity index (χ1n) is 11.8. The van der Waals surface area contributed by atoms with Gasteiger partial charge in [0.1, 0.15) is 11.4 Å². The third-order valence-corrected chi connectivity index (χ3v) is 6.55. The van der Waals surface area contributed by atoms with Gasteiger partial charge in [0.2, 0.25) is 5.82 Å². The van der Waals surface area contributed by atoms with Crippen molar-refractivity contribution in [2.45, 2.75) is 46.1 Å². The SMILES string of the molecule is Cc1cc([C@H](C)NC(=O)c2c(C)nn3c2N(Cc2ccc(C(F)(F)F)cc2)CC3)ccc1-c1nn[nH]n1. The zero-order valence-corrected chi connectivity index (χ0v) is 20.5. The molecule has 0 radical (unpaired) electrons. The van der Waals surface area contributed by atoms with Crippen molar-refractivity contribution in [2.24, 2.45) is 0 Å². The summed E-state index contributed by atoms with van der Waals surface area (Å²) >= 11 is 0. The third-order valence-electron chi connectivity index (χ3n) is 6.55. The van der Waals surface area contributed by atoms with Crippen molar-refractivity contribution in [2.75, 3.05) is 11.4 Å². The summed E-state index contributed by atoms with van der Waals surface area (Å²) in [6.45, 7) is 7.20. The van der Waals surface area contributed by atoms with E-state index in [1.165, 1.54) is 12.1 Å². The maximum absolute atomic E-state index is 13.4. The lowest BCUT2D eigenvalue weighted by Gasteiger charge is -2.21. The summed E-state index contributed by atoms with van der Waals surface area (Å²) in [5, 5.41) is 21.7. The van der Waals surface area contributed by atoms with Gasteiger partial charge in [0.25, 0.3) is 5.91 Å². The molecule has 0 unspecified atom stereocenters. The van der Waals surface area contributed by atoms with Crippen molar-refractivity contribution in [3.8, 4) is 11.4 Å². The van der Waals surface area contributed by atoms with Gasteiger partial charge in [0.05, 0.1) is 23.8 Å². The molecule has 192 valence electrons. The van der Waals surface area contributed by atoms with Gasteiger partial charge in [-0.15, -0.1) is 10.2 Å². The number of benzene rings is 2. The molecule has 3 heterocycles. The number of aryl methyl sites for hydroxylation is 2. The number of alkyl halides is 3. The highest BCUT2D eigenvalue weighted by Gasteiger charge is 2.32. The molecule has 0 spiro atoms. The standard InChI is InChI=1S/C25H25F3N8O/c1-14-12-18(6-9-20(14)22-30-33-34-31-22)15(2)29-23(37)21-16(3)32-36-11-10-35(24(21)36)13-17-4-7-19(8-5-17)25(26,27)28/h4-9,12,15H,10-11,13H2,1-3H3,(H,29,37)(H,30,31,33,34)/t15-/m0/s1. The molecule has 0 saturated heterocycles. The summed E-state index contributed by atoms with van der Waals surface area (Å²) in [6, 6.07) is 10.6. The van der Waals surface area contributed by atoms with E-state index in [1.807, 2.05) is 36.9 Å². The van der Waals surface area contributed by atoms with Gasteiger partial charge in [0.15, 0.2) is 0 Å².